The number of ether oxygens (including phenoxy) is 1. The van der Waals surface area contributed by atoms with Crippen LogP contribution in [0.2, 0.25) is 0 Å². The van der Waals surface area contributed by atoms with E-state index >= 15 is 0 Å². The zero-order valence-electron chi connectivity index (χ0n) is 19.5. The molecule has 1 amide bonds. The third-order valence-corrected chi connectivity index (χ3v) is 6.00. The Morgan fingerprint density at radius 1 is 1.03 bits per heavy atom. The first kappa shape index (κ1) is 24.0. The van der Waals surface area contributed by atoms with E-state index in [2.05, 4.69) is 11.0 Å². The number of rotatable bonds is 10. The minimum Gasteiger partial charge on any atom is -0.496 e. The van der Waals surface area contributed by atoms with Crippen molar-refractivity contribution >= 4 is 11.7 Å². The number of hydrogen-bond donors (Lipinski definition) is 0. The molecular weight excluding hydrogens is 402 g/mol. The second-order valence-corrected chi connectivity index (χ2v) is 8.80. The highest BCUT2D eigenvalue weighted by Gasteiger charge is 2.28. The SMILES string of the molecule is COc1ccccc1CN1CCCC(CN(CCN(C)C)C(=O)C(=O)c2ccccc2)C1. The van der Waals surface area contributed by atoms with Gasteiger partial charge in [0, 0.05) is 43.9 Å². The van der Waals surface area contributed by atoms with E-state index in [9.17, 15) is 9.59 Å². The molecule has 1 fully saturated rings. The zero-order chi connectivity index (χ0) is 22.9. The molecule has 1 atom stereocenters. The summed E-state index contributed by atoms with van der Waals surface area (Å²) in [7, 11) is 5.67. The number of benzene rings is 2. The smallest absolute Gasteiger partial charge is 0.295 e. The van der Waals surface area contributed by atoms with E-state index in [0.29, 0.717) is 24.6 Å². The van der Waals surface area contributed by atoms with Crippen molar-refractivity contribution < 1.29 is 14.3 Å². The highest BCUT2D eigenvalue weighted by atomic mass is 16.5. The summed E-state index contributed by atoms with van der Waals surface area (Å²) < 4.78 is 5.51. The molecule has 2 aromatic carbocycles. The van der Waals surface area contributed by atoms with E-state index in [4.69, 9.17) is 4.74 Å². The van der Waals surface area contributed by atoms with Crippen LogP contribution in [0.25, 0.3) is 0 Å². The Labute approximate surface area is 191 Å². The number of carbonyl (C=O) groups is 2. The first-order chi connectivity index (χ1) is 15.5. The van der Waals surface area contributed by atoms with Crippen LogP contribution in [0.15, 0.2) is 54.6 Å². The minimum atomic E-state index is -0.425. The Balaban J connectivity index is 1.66. The van der Waals surface area contributed by atoms with Crippen molar-refractivity contribution in [2.45, 2.75) is 19.4 Å². The van der Waals surface area contributed by atoms with E-state index in [-0.39, 0.29) is 0 Å². The molecule has 0 N–H and O–H groups in total. The molecule has 1 unspecified atom stereocenters. The van der Waals surface area contributed by atoms with Gasteiger partial charge in [0.15, 0.2) is 0 Å². The molecule has 2 aromatic rings. The molecule has 0 radical (unpaired) electrons. The lowest BCUT2D eigenvalue weighted by Gasteiger charge is -2.36. The van der Waals surface area contributed by atoms with Crippen LogP contribution in [0.1, 0.15) is 28.8 Å². The number of para-hydroxylation sites is 1. The molecule has 0 spiro atoms. The van der Waals surface area contributed by atoms with Crippen LogP contribution < -0.4 is 4.74 Å². The Hall–Kier alpha value is -2.70. The molecule has 6 nitrogen and oxygen atoms in total. The molecule has 172 valence electrons. The first-order valence-corrected chi connectivity index (χ1v) is 11.4. The normalized spacial score (nSPS) is 16.7. The minimum absolute atomic E-state index is 0.341. The number of amides is 1. The monoisotopic (exact) mass is 437 g/mol. The molecular formula is C26H35N3O3. The van der Waals surface area contributed by atoms with Crippen molar-refractivity contribution in [3.8, 4) is 5.75 Å². The second kappa shape index (κ2) is 11.8. The van der Waals surface area contributed by atoms with E-state index in [1.807, 2.05) is 43.3 Å². The number of carbonyl (C=O) groups excluding carboxylic acids is 2. The molecule has 0 saturated carbocycles. The van der Waals surface area contributed by atoms with E-state index in [1.165, 1.54) is 5.56 Å². The van der Waals surface area contributed by atoms with Crippen molar-refractivity contribution in [1.82, 2.24) is 14.7 Å². The predicted molar refractivity (Wildman–Crippen MR) is 127 cm³/mol. The molecule has 0 bridgehead atoms. The van der Waals surface area contributed by atoms with Gasteiger partial charge in [-0.15, -0.1) is 0 Å². The quantitative estimate of drug-likeness (QED) is 0.422. The predicted octanol–water partition coefficient (Wildman–Crippen LogP) is 3.18. The molecule has 1 saturated heterocycles. The number of nitrogens with zero attached hydrogens (tertiary/aromatic N) is 3. The maximum absolute atomic E-state index is 13.1. The molecule has 0 aromatic heterocycles. The first-order valence-electron chi connectivity index (χ1n) is 11.4. The van der Waals surface area contributed by atoms with E-state index in [1.54, 1.807) is 36.3 Å². The van der Waals surface area contributed by atoms with E-state index < -0.39 is 11.7 Å². The van der Waals surface area contributed by atoms with Gasteiger partial charge in [-0.3, -0.25) is 14.5 Å². The van der Waals surface area contributed by atoms with Crippen molar-refractivity contribution in [1.29, 1.82) is 0 Å². The Kier molecular flexibility index (Phi) is 8.82. The largest absolute Gasteiger partial charge is 0.496 e. The van der Waals surface area contributed by atoms with Crippen LogP contribution in [0.4, 0.5) is 0 Å². The van der Waals surface area contributed by atoms with Crippen LogP contribution in [-0.4, -0.2) is 80.3 Å². The van der Waals surface area contributed by atoms with E-state index in [0.717, 1.165) is 44.8 Å². The van der Waals surface area contributed by atoms with Gasteiger partial charge >= 0.3 is 0 Å². The van der Waals surface area contributed by atoms with Gasteiger partial charge in [-0.2, -0.15) is 0 Å². The van der Waals surface area contributed by atoms with Crippen molar-refractivity contribution in [3.05, 3.63) is 65.7 Å². The van der Waals surface area contributed by atoms with Gasteiger partial charge in [-0.05, 0) is 45.5 Å². The highest BCUT2D eigenvalue weighted by Crippen LogP contribution is 2.24. The lowest BCUT2D eigenvalue weighted by Crippen LogP contribution is -2.46. The lowest BCUT2D eigenvalue weighted by molar-refractivity contribution is -0.127. The molecule has 3 rings (SSSR count). The standard InChI is InChI=1S/C26H35N3O3/c1-27(2)16-17-29(26(31)25(30)22-11-5-4-6-12-22)19-21-10-9-15-28(18-21)20-23-13-7-8-14-24(23)32-3/h4-8,11-14,21H,9-10,15-20H2,1-3H3. The van der Waals surface area contributed by atoms with Gasteiger partial charge in [0.2, 0.25) is 5.78 Å². The van der Waals surface area contributed by atoms with Gasteiger partial charge in [-0.25, -0.2) is 0 Å². The van der Waals surface area contributed by atoms with Crippen molar-refractivity contribution in [2.24, 2.45) is 5.92 Å². The maximum atomic E-state index is 13.1. The summed E-state index contributed by atoms with van der Waals surface area (Å²) in [5, 5.41) is 0. The van der Waals surface area contributed by atoms with Crippen LogP contribution in [0.3, 0.4) is 0 Å². The van der Waals surface area contributed by atoms with Gasteiger partial charge < -0.3 is 14.5 Å². The lowest BCUT2D eigenvalue weighted by atomic mass is 9.96. The average molecular weight is 438 g/mol. The fourth-order valence-electron chi connectivity index (χ4n) is 4.28. The van der Waals surface area contributed by atoms with Crippen LogP contribution in [0.5, 0.6) is 5.75 Å². The van der Waals surface area contributed by atoms with Gasteiger partial charge in [-0.1, -0.05) is 48.5 Å². The van der Waals surface area contributed by atoms with Crippen molar-refractivity contribution in [2.75, 3.05) is 53.9 Å². The summed E-state index contributed by atoms with van der Waals surface area (Å²) in [4.78, 5) is 32.2. The highest BCUT2D eigenvalue weighted by molar-refractivity contribution is 6.42. The maximum Gasteiger partial charge on any atom is 0.295 e. The molecule has 1 aliphatic heterocycles. The molecule has 6 heteroatoms. The number of piperidine rings is 1. The van der Waals surface area contributed by atoms with Crippen LogP contribution in [-0.2, 0) is 11.3 Å². The number of ketones is 1. The fraction of sp³-hybridized carbons (Fsp3) is 0.462. The third-order valence-electron chi connectivity index (χ3n) is 6.00. The van der Waals surface area contributed by atoms with Crippen molar-refractivity contribution in [3.63, 3.8) is 0 Å². The second-order valence-electron chi connectivity index (χ2n) is 8.80. The molecule has 0 aliphatic carbocycles. The summed E-state index contributed by atoms with van der Waals surface area (Å²) in [6.45, 7) is 4.65. The summed E-state index contributed by atoms with van der Waals surface area (Å²) in [5.41, 5.74) is 1.63. The molecule has 1 heterocycles. The number of methoxy groups -OCH3 is 1. The zero-order valence-corrected chi connectivity index (χ0v) is 19.5. The number of hydrogen-bond acceptors (Lipinski definition) is 5. The number of likely N-dealkylation sites (N-methyl/N-ethyl adjacent to an activating group) is 1. The Morgan fingerprint density at radius 2 is 1.75 bits per heavy atom. The third kappa shape index (κ3) is 6.65. The molecule has 32 heavy (non-hydrogen) atoms. The van der Waals surface area contributed by atoms with Gasteiger partial charge in [0.1, 0.15) is 5.75 Å². The van der Waals surface area contributed by atoms with Gasteiger partial charge in [0.05, 0.1) is 7.11 Å². The number of Topliss-reactive ketones (excluding diaryl/α,β-unsaturated/α-hetero) is 1. The summed E-state index contributed by atoms with van der Waals surface area (Å²) in [6, 6.07) is 17.0. The molecule has 1 aliphatic rings. The number of likely N-dealkylation sites (tertiary alicyclic amines) is 1. The Bertz CT molecular complexity index is 885. The summed E-state index contributed by atoms with van der Waals surface area (Å²) in [6.07, 6.45) is 2.15. The summed E-state index contributed by atoms with van der Waals surface area (Å²) >= 11 is 0. The van der Waals surface area contributed by atoms with Crippen LogP contribution >= 0.6 is 0 Å². The van der Waals surface area contributed by atoms with Gasteiger partial charge in [0.25, 0.3) is 5.91 Å². The Morgan fingerprint density at radius 3 is 2.47 bits per heavy atom. The van der Waals surface area contributed by atoms with Crippen LogP contribution in [0, 0.1) is 5.92 Å². The topological polar surface area (TPSA) is 53.1 Å². The fourth-order valence-corrected chi connectivity index (χ4v) is 4.28. The summed E-state index contributed by atoms with van der Waals surface area (Å²) in [5.74, 6) is 0.421. The average Bonchev–Trinajstić information content (AvgIpc) is 2.82.